The van der Waals surface area contributed by atoms with Gasteiger partial charge in [0.15, 0.2) is 0 Å². The first-order chi connectivity index (χ1) is 12.8. The van der Waals surface area contributed by atoms with E-state index in [0.29, 0.717) is 5.69 Å². The second-order valence-corrected chi connectivity index (χ2v) is 4.95. The summed E-state index contributed by atoms with van der Waals surface area (Å²) in [5.74, 6) is 4.57. The van der Waals surface area contributed by atoms with Crippen LogP contribution in [0, 0.1) is 6.92 Å². The minimum atomic E-state index is -4.95. The average Bonchev–Trinajstić information content (AvgIpc) is 2.61. The molecule has 0 spiro atoms. The zero-order valence-electron chi connectivity index (χ0n) is 14.2. The third-order valence-electron chi connectivity index (χ3n) is 3.24. The number of hydrazine groups is 2. The summed E-state index contributed by atoms with van der Waals surface area (Å²) in [6.07, 6.45) is -3.75. The van der Waals surface area contributed by atoms with Gasteiger partial charge in [0.1, 0.15) is 24.4 Å². The van der Waals surface area contributed by atoms with Crippen molar-refractivity contribution in [3.63, 3.8) is 0 Å². The smallest absolute Gasteiger partial charge is 0.470 e. The lowest BCUT2D eigenvalue weighted by Crippen LogP contribution is -2.49. The molecule has 1 aromatic heterocycles. The largest absolute Gasteiger partial charge is 0.573 e. The second-order valence-electron chi connectivity index (χ2n) is 4.95. The average molecular weight is 387 g/mol. The minimum absolute atomic E-state index is 0.0181. The van der Waals surface area contributed by atoms with Crippen molar-refractivity contribution in [3.05, 3.63) is 35.8 Å². The van der Waals surface area contributed by atoms with Crippen molar-refractivity contribution < 1.29 is 27.4 Å². The van der Waals surface area contributed by atoms with Crippen LogP contribution in [0.3, 0.4) is 0 Å². The lowest BCUT2D eigenvalue weighted by molar-refractivity contribution is -0.275. The number of carbonyl (C=O) groups excluding carboxylic acids is 1. The van der Waals surface area contributed by atoms with E-state index in [9.17, 15) is 18.0 Å². The Hall–Kier alpha value is -3.19. The van der Waals surface area contributed by atoms with Crippen LogP contribution < -0.4 is 31.2 Å². The van der Waals surface area contributed by atoms with Crippen LogP contribution >= 0.6 is 0 Å². The Kier molecular flexibility index (Phi) is 6.31. The van der Waals surface area contributed by atoms with Gasteiger partial charge in [-0.3, -0.25) is 5.43 Å². The van der Waals surface area contributed by atoms with Crippen molar-refractivity contribution in [2.24, 2.45) is 5.84 Å². The number of alkyl halides is 3. The van der Waals surface area contributed by atoms with Crippen LogP contribution in [-0.2, 0) is 6.61 Å². The number of anilines is 1. The predicted octanol–water partition coefficient (Wildman–Crippen LogP) is 1.18. The molecule has 0 aliphatic heterocycles. The molecular formula is C14H16F3N7O3. The number of halogens is 3. The van der Waals surface area contributed by atoms with Crippen molar-refractivity contribution in [2.45, 2.75) is 19.9 Å². The van der Waals surface area contributed by atoms with E-state index in [1.54, 1.807) is 6.92 Å². The summed E-state index contributed by atoms with van der Waals surface area (Å²) in [5.41, 5.74) is 4.72. The fourth-order valence-corrected chi connectivity index (χ4v) is 2.12. The number of hydrogen-bond acceptors (Lipinski definition) is 8. The highest BCUT2D eigenvalue weighted by Crippen LogP contribution is 2.33. The Labute approximate surface area is 151 Å². The third-order valence-corrected chi connectivity index (χ3v) is 3.24. The molecular weight excluding hydrogens is 371 g/mol. The second kappa shape index (κ2) is 8.46. The van der Waals surface area contributed by atoms with Crippen molar-refractivity contribution in [1.82, 2.24) is 26.0 Å². The van der Waals surface area contributed by atoms with Crippen LogP contribution in [0.15, 0.2) is 24.5 Å². The number of nitrogens with one attached hydrogen (secondary N) is 2. The van der Waals surface area contributed by atoms with Crippen LogP contribution in [-0.4, -0.2) is 34.6 Å². The van der Waals surface area contributed by atoms with Crippen LogP contribution in [0.25, 0.3) is 0 Å². The van der Waals surface area contributed by atoms with E-state index in [-0.39, 0.29) is 17.1 Å². The van der Waals surface area contributed by atoms with Gasteiger partial charge in [-0.15, -0.1) is 23.4 Å². The van der Waals surface area contributed by atoms with Crippen LogP contribution in [0.1, 0.15) is 11.3 Å². The molecule has 1 heterocycles. The van der Waals surface area contributed by atoms with Gasteiger partial charge in [0.05, 0.1) is 11.3 Å². The first-order valence-corrected chi connectivity index (χ1v) is 7.39. The van der Waals surface area contributed by atoms with E-state index in [1.807, 2.05) is 5.43 Å². The van der Waals surface area contributed by atoms with Crippen LogP contribution in [0.2, 0.25) is 0 Å². The number of carbonyl (C=O) groups is 1. The Morgan fingerprint density at radius 1 is 1.37 bits per heavy atom. The number of benzene rings is 1. The summed E-state index contributed by atoms with van der Waals surface area (Å²) in [5, 5.41) is 8.16. The van der Waals surface area contributed by atoms with Crippen molar-refractivity contribution in [3.8, 4) is 11.6 Å². The summed E-state index contributed by atoms with van der Waals surface area (Å²) >= 11 is 0. The van der Waals surface area contributed by atoms with Crippen LogP contribution in [0.4, 0.5) is 23.7 Å². The molecule has 0 fully saturated rings. The summed E-state index contributed by atoms with van der Waals surface area (Å²) in [6, 6.07) is 2.94. The van der Waals surface area contributed by atoms with Gasteiger partial charge < -0.3 is 9.47 Å². The number of rotatable bonds is 6. The Bertz CT molecular complexity index is 804. The standard InChI is InChI=1S/C14H16F3N7O3/c1-8-12(23-21-7-20-8)26-6-9-10(24(19-2)13(25)22-18)4-3-5-11(9)27-14(15,16)17/h3-5,7,19H,6,18H2,1-2H3,(H,22,25). The maximum absolute atomic E-state index is 12.8. The van der Waals surface area contributed by atoms with Gasteiger partial charge in [0, 0.05) is 7.05 Å². The van der Waals surface area contributed by atoms with E-state index < -0.39 is 24.7 Å². The molecule has 2 amide bonds. The monoisotopic (exact) mass is 387 g/mol. The number of hydrogen-bond donors (Lipinski definition) is 3. The number of amides is 2. The van der Waals surface area contributed by atoms with Crippen LogP contribution in [0.5, 0.6) is 11.6 Å². The highest BCUT2D eigenvalue weighted by Gasteiger charge is 2.33. The zero-order valence-corrected chi connectivity index (χ0v) is 14.2. The first-order valence-electron chi connectivity index (χ1n) is 7.39. The van der Waals surface area contributed by atoms with Gasteiger partial charge in [-0.05, 0) is 19.1 Å². The number of ether oxygens (including phenoxy) is 2. The molecule has 0 radical (unpaired) electrons. The molecule has 0 aliphatic rings. The molecule has 1 aromatic carbocycles. The highest BCUT2D eigenvalue weighted by molar-refractivity contribution is 5.91. The minimum Gasteiger partial charge on any atom is -0.470 e. The molecule has 0 atom stereocenters. The zero-order chi connectivity index (χ0) is 20.0. The summed E-state index contributed by atoms with van der Waals surface area (Å²) in [4.78, 5) is 15.8. The summed E-state index contributed by atoms with van der Waals surface area (Å²) < 4.78 is 47.8. The van der Waals surface area contributed by atoms with E-state index in [4.69, 9.17) is 10.6 Å². The Morgan fingerprint density at radius 2 is 2.11 bits per heavy atom. The number of aryl methyl sites for hydroxylation is 1. The van der Waals surface area contributed by atoms with Gasteiger partial charge in [0.25, 0.3) is 5.88 Å². The van der Waals surface area contributed by atoms with Crippen molar-refractivity contribution in [2.75, 3.05) is 12.1 Å². The van der Waals surface area contributed by atoms with Gasteiger partial charge >= 0.3 is 12.4 Å². The van der Waals surface area contributed by atoms with E-state index in [0.717, 1.165) is 11.1 Å². The topological polar surface area (TPSA) is 128 Å². The first kappa shape index (κ1) is 20.1. The summed E-state index contributed by atoms with van der Waals surface area (Å²) in [7, 11) is 1.38. The van der Waals surface area contributed by atoms with Gasteiger partial charge in [-0.2, -0.15) is 0 Å². The molecule has 10 nitrogen and oxygen atoms in total. The molecule has 2 rings (SSSR count). The van der Waals surface area contributed by atoms with Gasteiger partial charge in [-0.1, -0.05) is 6.07 Å². The van der Waals surface area contributed by atoms with E-state index in [2.05, 4.69) is 25.3 Å². The van der Waals surface area contributed by atoms with Crippen molar-refractivity contribution >= 4 is 11.7 Å². The molecule has 2 aromatic rings. The van der Waals surface area contributed by atoms with E-state index in [1.165, 1.54) is 25.5 Å². The normalized spacial score (nSPS) is 11.0. The number of aromatic nitrogens is 3. The highest BCUT2D eigenvalue weighted by atomic mass is 19.4. The SMILES string of the molecule is CNN(C(=O)NN)c1cccc(OC(F)(F)F)c1COc1nncnc1C. The predicted molar refractivity (Wildman–Crippen MR) is 86.3 cm³/mol. The molecule has 27 heavy (non-hydrogen) atoms. The lowest BCUT2D eigenvalue weighted by Gasteiger charge is -2.25. The maximum atomic E-state index is 12.8. The number of nitrogens with zero attached hydrogens (tertiary/aromatic N) is 4. The molecule has 13 heteroatoms. The quantitative estimate of drug-likeness (QED) is 0.383. The summed E-state index contributed by atoms with van der Waals surface area (Å²) in [6.45, 7) is 1.17. The fraction of sp³-hybridized carbons (Fsp3) is 0.286. The number of urea groups is 1. The molecule has 0 unspecified atom stereocenters. The van der Waals surface area contributed by atoms with Gasteiger partial charge in [-0.25, -0.2) is 26.1 Å². The van der Waals surface area contributed by atoms with Gasteiger partial charge in [0.2, 0.25) is 0 Å². The molecule has 0 bridgehead atoms. The number of nitrogens with two attached hydrogens (primary N) is 1. The Morgan fingerprint density at radius 3 is 2.70 bits per heavy atom. The molecule has 0 saturated heterocycles. The third kappa shape index (κ3) is 5.15. The van der Waals surface area contributed by atoms with E-state index >= 15 is 0 Å². The molecule has 4 N–H and O–H groups in total. The molecule has 0 aliphatic carbocycles. The Balaban J connectivity index is 2.45. The van der Waals surface area contributed by atoms with Crippen molar-refractivity contribution in [1.29, 1.82) is 0 Å². The molecule has 146 valence electrons. The molecule has 0 saturated carbocycles. The fourth-order valence-electron chi connectivity index (χ4n) is 2.12. The lowest BCUT2D eigenvalue weighted by atomic mass is 10.1. The maximum Gasteiger partial charge on any atom is 0.573 e.